The topological polar surface area (TPSA) is 35.6 Å². The van der Waals surface area contributed by atoms with E-state index in [2.05, 4.69) is 24.2 Å². The van der Waals surface area contributed by atoms with E-state index in [1.54, 1.807) is 0 Å². The molecule has 4 nitrogen and oxygen atoms in total. The van der Waals surface area contributed by atoms with Crippen molar-refractivity contribution in [1.82, 2.24) is 15.1 Å². The number of rotatable bonds is 2. The van der Waals surface area contributed by atoms with Crippen molar-refractivity contribution in [3.05, 3.63) is 0 Å². The van der Waals surface area contributed by atoms with E-state index in [4.69, 9.17) is 0 Å². The van der Waals surface area contributed by atoms with Crippen LogP contribution < -0.4 is 5.32 Å². The van der Waals surface area contributed by atoms with E-state index in [-0.39, 0.29) is 6.03 Å². The maximum atomic E-state index is 12.2. The van der Waals surface area contributed by atoms with Crippen molar-refractivity contribution in [2.24, 2.45) is 5.92 Å². The summed E-state index contributed by atoms with van der Waals surface area (Å²) in [5.74, 6) is 0.816. The summed E-state index contributed by atoms with van der Waals surface area (Å²) in [5, 5.41) is 3.24. The summed E-state index contributed by atoms with van der Waals surface area (Å²) in [7, 11) is 2.11. The molecule has 2 atom stereocenters. The Kier molecular flexibility index (Phi) is 4.87. The highest BCUT2D eigenvalue weighted by molar-refractivity contribution is 5.74. The molecule has 0 radical (unpaired) electrons. The van der Waals surface area contributed by atoms with Gasteiger partial charge < -0.3 is 15.1 Å². The number of carbonyl (C=O) groups excluding carboxylic acids is 1. The summed E-state index contributed by atoms with van der Waals surface area (Å²) in [5.41, 5.74) is 0. The van der Waals surface area contributed by atoms with Gasteiger partial charge in [0.25, 0.3) is 0 Å². The average Bonchev–Trinajstić information content (AvgIpc) is 2.39. The van der Waals surface area contributed by atoms with E-state index in [1.807, 2.05) is 4.90 Å². The second-order valence-corrected chi connectivity index (χ2v) is 5.88. The molecule has 2 rings (SSSR count). The molecule has 18 heavy (non-hydrogen) atoms. The number of hydrogen-bond donors (Lipinski definition) is 1. The molecule has 0 aromatic heterocycles. The second-order valence-electron chi connectivity index (χ2n) is 5.88. The molecule has 0 bridgehead atoms. The first-order valence-electron chi connectivity index (χ1n) is 7.43. The summed E-state index contributed by atoms with van der Waals surface area (Å²) in [4.78, 5) is 16.4. The van der Waals surface area contributed by atoms with Crippen molar-refractivity contribution >= 4 is 6.03 Å². The highest BCUT2D eigenvalue weighted by Crippen LogP contribution is 2.26. The van der Waals surface area contributed by atoms with Crippen LogP contribution >= 0.6 is 0 Å². The van der Waals surface area contributed by atoms with Gasteiger partial charge in [0.15, 0.2) is 0 Å². The monoisotopic (exact) mass is 253 g/mol. The van der Waals surface area contributed by atoms with E-state index in [9.17, 15) is 4.79 Å². The first kappa shape index (κ1) is 13.7. The van der Waals surface area contributed by atoms with Crippen LogP contribution in [0.2, 0.25) is 0 Å². The number of likely N-dealkylation sites (N-methyl/N-ethyl adjacent to an activating group) is 1. The zero-order chi connectivity index (χ0) is 13.0. The number of amides is 2. The fourth-order valence-electron chi connectivity index (χ4n) is 3.07. The van der Waals surface area contributed by atoms with Crippen molar-refractivity contribution in [2.45, 2.75) is 45.1 Å². The van der Waals surface area contributed by atoms with Gasteiger partial charge in [-0.1, -0.05) is 26.2 Å². The molecule has 1 heterocycles. The summed E-state index contributed by atoms with van der Waals surface area (Å²) < 4.78 is 0. The van der Waals surface area contributed by atoms with Crippen molar-refractivity contribution < 1.29 is 4.79 Å². The number of nitrogens with zero attached hydrogens (tertiary/aromatic N) is 2. The number of urea groups is 1. The maximum Gasteiger partial charge on any atom is 0.317 e. The zero-order valence-corrected chi connectivity index (χ0v) is 11.8. The van der Waals surface area contributed by atoms with Crippen molar-refractivity contribution in [2.75, 3.05) is 33.2 Å². The van der Waals surface area contributed by atoms with Gasteiger partial charge in [-0.05, 0) is 25.8 Å². The largest absolute Gasteiger partial charge is 0.335 e. The Morgan fingerprint density at radius 3 is 2.61 bits per heavy atom. The van der Waals surface area contributed by atoms with Crippen LogP contribution in [0.25, 0.3) is 0 Å². The third kappa shape index (κ3) is 3.61. The normalized spacial score (nSPS) is 30.2. The minimum Gasteiger partial charge on any atom is -0.335 e. The minimum atomic E-state index is 0.157. The number of hydrogen-bond acceptors (Lipinski definition) is 2. The Balaban J connectivity index is 1.76. The third-order valence-electron chi connectivity index (χ3n) is 4.48. The number of carbonyl (C=O) groups is 1. The Morgan fingerprint density at radius 1 is 1.22 bits per heavy atom. The predicted octanol–water partition coefficient (Wildman–Crippen LogP) is 1.91. The molecule has 0 spiro atoms. The van der Waals surface area contributed by atoms with Gasteiger partial charge in [0.1, 0.15) is 0 Å². The van der Waals surface area contributed by atoms with E-state index < -0.39 is 0 Å². The van der Waals surface area contributed by atoms with Gasteiger partial charge >= 0.3 is 6.03 Å². The first-order valence-corrected chi connectivity index (χ1v) is 7.43. The predicted molar refractivity (Wildman–Crippen MR) is 73.6 cm³/mol. The van der Waals surface area contributed by atoms with Crippen molar-refractivity contribution in [3.8, 4) is 0 Å². The van der Waals surface area contributed by atoms with E-state index in [1.165, 1.54) is 25.7 Å². The Morgan fingerprint density at radius 2 is 1.94 bits per heavy atom. The lowest BCUT2D eigenvalue weighted by Gasteiger charge is -2.35. The summed E-state index contributed by atoms with van der Waals surface area (Å²) in [6.45, 7) is 5.99. The molecule has 1 N–H and O–H groups in total. The molecule has 1 aliphatic heterocycles. The van der Waals surface area contributed by atoms with Gasteiger partial charge in [-0.3, -0.25) is 0 Å². The van der Waals surface area contributed by atoms with Gasteiger partial charge in [0, 0.05) is 32.2 Å². The summed E-state index contributed by atoms with van der Waals surface area (Å²) >= 11 is 0. The fraction of sp³-hybridized carbons (Fsp3) is 0.929. The van der Waals surface area contributed by atoms with Gasteiger partial charge in [-0.2, -0.15) is 0 Å². The van der Waals surface area contributed by atoms with Crippen LogP contribution in [-0.4, -0.2) is 55.1 Å². The standard InChI is InChI=1S/C14H27N3O/c1-3-12-5-4-6-13(11-12)15-14(18)17-9-7-16(2)8-10-17/h12-13H,3-11H2,1-2H3,(H,15,18)/t12-,13+/m0/s1. The SMILES string of the molecule is CC[C@H]1CCC[C@@H](NC(=O)N2CCN(C)CC2)C1. The molecular weight excluding hydrogens is 226 g/mol. The first-order chi connectivity index (χ1) is 8.69. The quantitative estimate of drug-likeness (QED) is 0.816. The highest BCUT2D eigenvalue weighted by atomic mass is 16.2. The van der Waals surface area contributed by atoms with E-state index in [0.717, 1.165) is 38.5 Å². The highest BCUT2D eigenvalue weighted by Gasteiger charge is 2.25. The average molecular weight is 253 g/mol. The molecule has 2 aliphatic rings. The zero-order valence-electron chi connectivity index (χ0n) is 11.8. The molecule has 1 aliphatic carbocycles. The Bertz CT molecular complexity index is 274. The molecule has 0 aromatic rings. The van der Waals surface area contributed by atoms with Gasteiger partial charge in [-0.15, -0.1) is 0 Å². The molecule has 1 saturated heterocycles. The smallest absolute Gasteiger partial charge is 0.317 e. The molecule has 104 valence electrons. The van der Waals surface area contributed by atoms with E-state index >= 15 is 0 Å². The van der Waals surface area contributed by atoms with Crippen LogP contribution in [0.3, 0.4) is 0 Å². The molecule has 2 amide bonds. The second kappa shape index (κ2) is 6.41. The lowest BCUT2D eigenvalue weighted by molar-refractivity contribution is 0.147. The lowest BCUT2D eigenvalue weighted by Crippen LogP contribution is -2.53. The van der Waals surface area contributed by atoms with Crippen molar-refractivity contribution in [1.29, 1.82) is 0 Å². The number of piperazine rings is 1. The maximum absolute atomic E-state index is 12.2. The van der Waals surface area contributed by atoms with Crippen molar-refractivity contribution in [3.63, 3.8) is 0 Å². The lowest BCUT2D eigenvalue weighted by atomic mass is 9.84. The minimum absolute atomic E-state index is 0.157. The Labute approximate surface area is 111 Å². The summed E-state index contributed by atoms with van der Waals surface area (Å²) in [6.07, 6.45) is 6.20. The molecule has 1 saturated carbocycles. The molecule has 0 aromatic carbocycles. The van der Waals surface area contributed by atoms with Gasteiger partial charge in [-0.25, -0.2) is 4.79 Å². The van der Waals surface area contributed by atoms with Crippen LogP contribution in [-0.2, 0) is 0 Å². The van der Waals surface area contributed by atoms with Crippen LogP contribution in [0, 0.1) is 5.92 Å². The third-order valence-corrected chi connectivity index (χ3v) is 4.48. The summed E-state index contributed by atoms with van der Waals surface area (Å²) in [6, 6.07) is 0.570. The fourth-order valence-corrected chi connectivity index (χ4v) is 3.07. The molecule has 0 unspecified atom stereocenters. The van der Waals surface area contributed by atoms with Crippen LogP contribution in [0.5, 0.6) is 0 Å². The Hall–Kier alpha value is -0.770. The van der Waals surface area contributed by atoms with E-state index in [0.29, 0.717) is 6.04 Å². The molecule has 4 heteroatoms. The number of nitrogens with one attached hydrogen (secondary N) is 1. The molecule has 2 fully saturated rings. The van der Waals surface area contributed by atoms with Crippen LogP contribution in [0.1, 0.15) is 39.0 Å². The van der Waals surface area contributed by atoms with Gasteiger partial charge in [0.2, 0.25) is 0 Å². The molecular formula is C14H27N3O. The van der Waals surface area contributed by atoms with Crippen LogP contribution in [0.4, 0.5) is 4.79 Å². The van der Waals surface area contributed by atoms with Crippen LogP contribution in [0.15, 0.2) is 0 Å². The van der Waals surface area contributed by atoms with Gasteiger partial charge in [0.05, 0.1) is 0 Å².